The number of nitriles is 1. The number of ether oxygens (including phenoxy) is 1. The molecule has 1 saturated heterocycles. The van der Waals surface area contributed by atoms with Gasteiger partial charge in [-0.2, -0.15) is 5.26 Å². The molecule has 2 heterocycles. The summed E-state index contributed by atoms with van der Waals surface area (Å²) < 4.78 is 5.44. The molecule has 0 radical (unpaired) electrons. The van der Waals surface area contributed by atoms with Gasteiger partial charge in [-0.05, 0) is 32.4 Å². The molecule has 1 aliphatic rings. The van der Waals surface area contributed by atoms with Gasteiger partial charge in [0.05, 0.1) is 6.61 Å². The van der Waals surface area contributed by atoms with Crippen LogP contribution >= 0.6 is 0 Å². The van der Waals surface area contributed by atoms with Gasteiger partial charge >= 0.3 is 0 Å². The molecule has 0 spiro atoms. The van der Waals surface area contributed by atoms with E-state index in [0.29, 0.717) is 11.7 Å². The van der Waals surface area contributed by atoms with Crippen LogP contribution in [0.25, 0.3) is 0 Å². The van der Waals surface area contributed by atoms with Crippen LogP contribution in [0, 0.1) is 18.3 Å². The Morgan fingerprint density at radius 2 is 2.24 bits per heavy atom. The van der Waals surface area contributed by atoms with Crippen molar-refractivity contribution in [2.75, 3.05) is 44.3 Å². The number of rotatable bonds is 5. The van der Waals surface area contributed by atoms with Crippen LogP contribution in [0.15, 0.2) is 12.1 Å². The molecule has 0 saturated carbocycles. The smallest absolute Gasteiger partial charge is 0.145 e. The molecule has 0 bridgehead atoms. The lowest BCUT2D eigenvalue weighted by atomic mass is 10.1. The molecule has 1 aliphatic heterocycles. The van der Waals surface area contributed by atoms with Crippen molar-refractivity contribution in [2.45, 2.75) is 26.8 Å². The normalized spacial score (nSPS) is 19.5. The van der Waals surface area contributed by atoms with Gasteiger partial charge in [-0.3, -0.25) is 4.90 Å². The zero-order chi connectivity index (χ0) is 15.2. The van der Waals surface area contributed by atoms with E-state index < -0.39 is 0 Å². The molecule has 5 heteroatoms. The van der Waals surface area contributed by atoms with Crippen molar-refractivity contribution in [1.29, 1.82) is 5.26 Å². The molecule has 2 rings (SSSR count). The molecule has 0 aliphatic carbocycles. The van der Waals surface area contributed by atoms with Gasteiger partial charge in [0.15, 0.2) is 0 Å². The predicted molar refractivity (Wildman–Crippen MR) is 83.4 cm³/mol. The van der Waals surface area contributed by atoms with E-state index >= 15 is 0 Å². The van der Waals surface area contributed by atoms with Crippen molar-refractivity contribution >= 4 is 5.82 Å². The fourth-order valence-electron chi connectivity index (χ4n) is 2.67. The molecule has 1 aromatic heterocycles. The standard InChI is InChI=1S/C16H24N4O/c1-4-21-10-9-19-7-8-20(12-14(19)3)16-6-5-13(2)15(11-17)18-16/h5-6,14H,4,7-10,12H2,1-3H3. The van der Waals surface area contributed by atoms with E-state index in [9.17, 15) is 0 Å². The highest BCUT2D eigenvalue weighted by molar-refractivity contribution is 5.45. The predicted octanol–water partition coefficient (Wildman–Crippen LogP) is 1.81. The van der Waals surface area contributed by atoms with E-state index in [-0.39, 0.29) is 0 Å². The highest BCUT2D eigenvalue weighted by Gasteiger charge is 2.24. The Hall–Kier alpha value is -1.64. The van der Waals surface area contributed by atoms with Crippen molar-refractivity contribution in [2.24, 2.45) is 0 Å². The highest BCUT2D eigenvalue weighted by atomic mass is 16.5. The Labute approximate surface area is 127 Å². The zero-order valence-electron chi connectivity index (χ0n) is 13.2. The third kappa shape index (κ3) is 3.93. The van der Waals surface area contributed by atoms with Gasteiger partial charge in [0.1, 0.15) is 17.6 Å². The maximum absolute atomic E-state index is 9.10. The van der Waals surface area contributed by atoms with Crippen molar-refractivity contribution in [3.05, 3.63) is 23.4 Å². The quantitative estimate of drug-likeness (QED) is 0.773. The maximum atomic E-state index is 9.10. The summed E-state index contributed by atoms with van der Waals surface area (Å²) in [5, 5.41) is 9.10. The molecule has 1 atom stereocenters. The van der Waals surface area contributed by atoms with Crippen LogP contribution < -0.4 is 4.90 Å². The topological polar surface area (TPSA) is 52.4 Å². The third-order valence-electron chi connectivity index (χ3n) is 4.00. The van der Waals surface area contributed by atoms with Gasteiger partial charge in [0.25, 0.3) is 0 Å². The molecular formula is C16H24N4O. The molecule has 0 amide bonds. The minimum atomic E-state index is 0.466. The number of aromatic nitrogens is 1. The molecule has 1 aromatic rings. The summed E-state index contributed by atoms with van der Waals surface area (Å²) in [4.78, 5) is 9.19. The maximum Gasteiger partial charge on any atom is 0.145 e. The van der Waals surface area contributed by atoms with Crippen LogP contribution in [0.3, 0.4) is 0 Å². The van der Waals surface area contributed by atoms with Crippen molar-refractivity contribution in [1.82, 2.24) is 9.88 Å². The first-order chi connectivity index (χ1) is 10.2. The molecule has 0 N–H and O–H groups in total. The van der Waals surface area contributed by atoms with Crippen LogP contribution in [0.4, 0.5) is 5.82 Å². The first kappa shape index (κ1) is 15.7. The second kappa shape index (κ2) is 7.39. The lowest BCUT2D eigenvalue weighted by Gasteiger charge is -2.40. The Balaban J connectivity index is 1.97. The summed E-state index contributed by atoms with van der Waals surface area (Å²) in [6, 6.07) is 6.62. The number of anilines is 1. The van der Waals surface area contributed by atoms with Crippen LogP contribution in [-0.2, 0) is 4.74 Å². The van der Waals surface area contributed by atoms with Gasteiger partial charge in [0, 0.05) is 38.8 Å². The molecule has 21 heavy (non-hydrogen) atoms. The van der Waals surface area contributed by atoms with Crippen LogP contribution in [0.5, 0.6) is 0 Å². The summed E-state index contributed by atoms with van der Waals surface area (Å²) >= 11 is 0. The minimum Gasteiger partial charge on any atom is -0.380 e. The fraction of sp³-hybridized carbons (Fsp3) is 0.625. The summed E-state index contributed by atoms with van der Waals surface area (Å²) in [6.45, 7) is 11.6. The molecule has 5 nitrogen and oxygen atoms in total. The van der Waals surface area contributed by atoms with Crippen molar-refractivity contribution in [3.63, 3.8) is 0 Å². The molecular weight excluding hydrogens is 264 g/mol. The van der Waals surface area contributed by atoms with Gasteiger partial charge in [-0.25, -0.2) is 4.98 Å². The molecule has 114 valence electrons. The molecule has 1 fully saturated rings. The number of hydrogen-bond donors (Lipinski definition) is 0. The number of piperazine rings is 1. The second-order valence-corrected chi connectivity index (χ2v) is 5.47. The fourth-order valence-corrected chi connectivity index (χ4v) is 2.67. The van der Waals surface area contributed by atoms with E-state index in [1.807, 2.05) is 26.0 Å². The molecule has 1 unspecified atom stereocenters. The lowest BCUT2D eigenvalue weighted by molar-refractivity contribution is 0.0925. The largest absolute Gasteiger partial charge is 0.380 e. The first-order valence-corrected chi connectivity index (χ1v) is 7.60. The van der Waals surface area contributed by atoms with Crippen LogP contribution in [0.1, 0.15) is 25.1 Å². The van der Waals surface area contributed by atoms with E-state index in [4.69, 9.17) is 10.00 Å². The van der Waals surface area contributed by atoms with Crippen molar-refractivity contribution < 1.29 is 4.74 Å². The lowest BCUT2D eigenvalue weighted by Crippen LogP contribution is -2.53. The average Bonchev–Trinajstić information content (AvgIpc) is 2.49. The average molecular weight is 288 g/mol. The summed E-state index contributed by atoms with van der Waals surface area (Å²) in [6.07, 6.45) is 0. The summed E-state index contributed by atoms with van der Waals surface area (Å²) in [7, 11) is 0. The number of aryl methyl sites for hydroxylation is 1. The number of hydrogen-bond acceptors (Lipinski definition) is 5. The summed E-state index contributed by atoms with van der Waals surface area (Å²) in [5.74, 6) is 0.911. The number of pyridine rings is 1. The zero-order valence-corrected chi connectivity index (χ0v) is 13.2. The first-order valence-electron chi connectivity index (χ1n) is 7.60. The Morgan fingerprint density at radius 1 is 1.43 bits per heavy atom. The molecule has 0 aromatic carbocycles. The monoisotopic (exact) mass is 288 g/mol. The van der Waals surface area contributed by atoms with E-state index in [0.717, 1.165) is 50.8 Å². The second-order valence-electron chi connectivity index (χ2n) is 5.47. The van der Waals surface area contributed by atoms with Gasteiger partial charge in [0.2, 0.25) is 0 Å². The Morgan fingerprint density at radius 3 is 2.90 bits per heavy atom. The summed E-state index contributed by atoms with van der Waals surface area (Å²) in [5.41, 5.74) is 1.46. The van der Waals surface area contributed by atoms with E-state index in [1.165, 1.54) is 0 Å². The third-order valence-corrected chi connectivity index (χ3v) is 4.00. The van der Waals surface area contributed by atoms with Crippen LogP contribution in [0.2, 0.25) is 0 Å². The van der Waals surface area contributed by atoms with Gasteiger partial charge in [-0.15, -0.1) is 0 Å². The van der Waals surface area contributed by atoms with Crippen molar-refractivity contribution in [3.8, 4) is 6.07 Å². The van der Waals surface area contributed by atoms with E-state index in [2.05, 4.69) is 27.8 Å². The van der Waals surface area contributed by atoms with Crippen LogP contribution in [-0.4, -0.2) is 55.3 Å². The van der Waals surface area contributed by atoms with Gasteiger partial charge in [-0.1, -0.05) is 6.07 Å². The van der Waals surface area contributed by atoms with Gasteiger partial charge < -0.3 is 9.64 Å². The van der Waals surface area contributed by atoms with E-state index in [1.54, 1.807) is 0 Å². The minimum absolute atomic E-state index is 0.466. The SMILES string of the molecule is CCOCCN1CCN(c2ccc(C)c(C#N)n2)CC1C. The number of nitrogens with zero attached hydrogens (tertiary/aromatic N) is 4. The Bertz CT molecular complexity index is 511. The highest BCUT2D eigenvalue weighted by Crippen LogP contribution is 2.18. The Kier molecular flexibility index (Phi) is 5.54.